The molecule has 0 spiro atoms. The van der Waals surface area contributed by atoms with Gasteiger partial charge in [-0.05, 0) is 35.7 Å². The Morgan fingerprint density at radius 3 is 2.74 bits per heavy atom. The molecule has 1 aromatic heterocycles. The molecule has 3 rings (SSSR count). The van der Waals surface area contributed by atoms with Crippen LogP contribution in [0.3, 0.4) is 0 Å². The van der Waals surface area contributed by atoms with Gasteiger partial charge in [-0.1, -0.05) is 29.8 Å². The number of fused-ring (bicyclic) bond motifs is 1. The predicted octanol–water partition coefficient (Wildman–Crippen LogP) is 3.43. The number of halogens is 2. The summed E-state index contributed by atoms with van der Waals surface area (Å²) in [6.45, 7) is -0.140. The number of aromatic nitrogens is 1. The highest BCUT2D eigenvalue weighted by Gasteiger charge is 2.08. The van der Waals surface area contributed by atoms with Gasteiger partial charge in [0.25, 0.3) is 5.56 Å². The molecule has 0 saturated heterocycles. The molecule has 0 aliphatic heterocycles. The standard InChI is InChI=1S/C17H12ClFN2O2/c18-14-9-12(5-6-15(14)19)20-16(22)10-21-8-7-11-3-1-2-4-13(11)17(21)23/h1-9H,10H2,(H,20,22). The molecule has 116 valence electrons. The average molecular weight is 331 g/mol. The summed E-state index contributed by atoms with van der Waals surface area (Å²) in [7, 11) is 0. The smallest absolute Gasteiger partial charge is 0.258 e. The topological polar surface area (TPSA) is 51.1 Å². The fraction of sp³-hybridized carbons (Fsp3) is 0.0588. The summed E-state index contributed by atoms with van der Waals surface area (Å²) in [6, 6.07) is 12.8. The second-order valence-corrected chi connectivity index (χ2v) is 5.42. The molecule has 1 amide bonds. The summed E-state index contributed by atoms with van der Waals surface area (Å²) in [5.74, 6) is -0.958. The molecule has 0 aliphatic carbocycles. The lowest BCUT2D eigenvalue weighted by Crippen LogP contribution is -2.27. The summed E-state index contributed by atoms with van der Waals surface area (Å²) < 4.78 is 14.4. The number of hydrogen-bond acceptors (Lipinski definition) is 2. The lowest BCUT2D eigenvalue weighted by Gasteiger charge is -2.09. The van der Waals surface area contributed by atoms with Crippen molar-refractivity contribution in [2.24, 2.45) is 0 Å². The van der Waals surface area contributed by atoms with Crippen molar-refractivity contribution in [1.29, 1.82) is 0 Å². The average Bonchev–Trinajstić information content (AvgIpc) is 2.54. The maximum absolute atomic E-state index is 13.1. The van der Waals surface area contributed by atoms with Crippen molar-refractivity contribution in [3.05, 3.63) is 75.9 Å². The Morgan fingerprint density at radius 1 is 1.17 bits per heavy atom. The van der Waals surface area contributed by atoms with Crippen LogP contribution >= 0.6 is 11.6 Å². The maximum Gasteiger partial charge on any atom is 0.258 e. The lowest BCUT2D eigenvalue weighted by atomic mass is 10.2. The van der Waals surface area contributed by atoms with Gasteiger partial charge >= 0.3 is 0 Å². The molecule has 6 heteroatoms. The maximum atomic E-state index is 13.1. The van der Waals surface area contributed by atoms with Crippen LogP contribution in [0, 0.1) is 5.82 Å². The van der Waals surface area contributed by atoms with E-state index in [1.54, 1.807) is 24.4 Å². The van der Waals surface area contributed by atoms with E-state index in [-0.39, 0.29) is 17.1 Å². The van der Waals surface area contributed by atoms with Gasteiger partial charge in [0.2, 0.25) is 5.91 Å². The second-order valence-electron chi connectivity index (χ2n) is 5.01. The van der Waals surface area contributed by atoms with Crippen molar-refractivity contribution in [2.75, 3.05) is 5.32 Å². The molecule has 0 saturated carbocycles. The fourth-order valence-electron chi connectivity index (χ4n) is 2.28. The minimum absolute atomic E-state index is 0.0781. The lowest BCUT2D eigenvalue weighted by molar-refractivity contribution is -0.116. The van der Waals surface area contributed by atoms with E-state index in [2.05, 4.69) is 5.32 Å². The van der Waals surface area contributed by atoms with E-state index < -0.39 is 11.7 Å². The number of amides is 1. The Hall–Kier alpha value is -2.66. The Labute approximate surface area is 136 Å². The van der Waals surface area contributed by atoms with Crippen LogP contribution in [0.5, 0.6) is 0 Å². The highest BCUT2D eigenvalue weighted by Crippen LogP contribution is 2.19. The van der Waals surface area contributed by atoms with Crippen molar-refractivity contribution in [2.45, 2.75) is 6.54 Å². The molecule has 1 N–H and O–H groups in total. The van der Waals surface area contributed by atoms with Gasteiger partial charge in [-0.2, -0.15) is 0 Å². The highest BCUT2D eigenvalue weighted by molar-refractivity contribution is 6.31. The highest BCUT2D eigenvalue weighted by atomic mass is 35.5. The first-order valence-corrected chi connectivity index (χ1v) is 7.25. The molecule has 3 aromatic rings. The number of carbonyl (C=O) groups excluding carboxylic acids is 1. The van der Waals surface area contributed by atoms with Crippen LogP contribution in [0.1, 0.15) is 0 Å². The number of benzene rings is 2. The van der Waals surface area contributed by atoms with Crippen LogP contribution in [0.25, 0.3) is 10.8 Å². The van der Waals surface area contributed by atoms with E-state index in [1.165, 1.54) is 22.8 Å². The first-order valence-electron chi connectivity index (χ1n) is 6.88. The zero-order valence-electron chi connectivity index (χ0n) is 11.9. The SMILES string of the molecule is O=C(Cn1ccc2ccccc2c1=O)Nc1ccc(F)c(Cl)c1. The first-order chi connectivity index (χ1) is 11.0. The minimum atomic E-state index is -0.560. The van der Waals surface area contributed by atoms with Gasteiger partial charge in [-0.15, -0.1) is 0 Å². The van der Waals surface area contributed by atoms with E-state index in [1.807, 2.05) is 12.1 Å². The quantitative estimate of drug-likeness (QED) is 0.800. The largest absolute Gasteiger partial charge is 0.324 e. The van der Waals surface area contributed by atoms with E-state index >= 15 is 0 Å². The summed E-state index contributed by atoms with van der Waals surface area (Å²) in [5.41, 5.74) is 0.130. The van der Waals surface area contributed by atoms with Crippen LogP contribution < -0.4 is 10.9 Å². The normalized spacial score (nSPS) is 10.7. The zero-order valence-corrected chi connectivity index (χ0v) is 12.7. The molecular weight excluding hydrogens is 319 g/mol. The van der Waals surface area contributed by atoms with Gasteiger partial charge in [0.05, 0.1) is 5.02 Å². The first kappa shape index (κ1) is 15.2. The number of nitrogens with zero attached hydrogens (tertiary/aromatic N) is 1. The van der Waals surface area contributed by atoms with Crippen molar-refractivity contribution in [1.82, 2.24) is 4.57 Å². The van der Waals surface area contributed by atoms with Crippen molar-refractivity contribution < 1.29 is 9.18 Å². The molecular formula is C17H12ClFN2O2. The van der Waals surface area contributed by atoms with Crippen LogP contribution in [0.15, 0.2) is 59.5 Å². The molecule has 0 radical (unpaired) electrons. The molecule has 0 bridgehead atoms. The monoisotopic (exact) mass is 330 g/mol. The number of pyridine rings is 1. The second kappa shape index (κ2) is 6.22. The molecule has 0 unspecified atom stereocenters. The van der Waals surface area contributed by atoms with Crippen molar-refractivity contribution in [3.63, 3.8) is 0 Å². The molecule has 0 atom stereocenters. The molecule has 0 aliphatic rings. The van der Waals surface area contributed by atoms with Gasteiger partial charge in [0.15, 0.2) is 0 Å². The van der Waals surface area contributed by atoms with E-state index in [0.29, 0.717) is 11.1 Å². The number of rotatable bonds is 3. The summed E-state index contributed by atoms with van der Waals surface area (Å²) in [4.78, 5) is 24.4. The van der Waals surface area contributed by atoms with Gasteiger partial charge in [-0.25, -0.2) is 4.39 Å². The zero-order chi connectivity index (χ0) is 16.4. The Kier molecular flexibility index (Phi) is 4.12. The van der Waals surface area contributed by atoms with Crippen LogP contribution in [-0.4, -0.2) is 10.5 Å². The van der Waals surface area contributed by atoms with Gasteiger partial charge in [-0.3, -0.25) is 9.59 Å². The number of carbonyl (C=O) groups is 1. The Balaban J connectivity index is 1.81. The molecule has 0 fully saturated rings. The van der Waals surface area contributed by atoms with Gasteiger partial charge in [0, 0.05) is 17.3 Å². The third-order valence-electron chi connectivity index (χ3n) is 3.40. The predicted molar refractivity (Wildman–Crippen MR) is 88.2 cm³/mol. The minimum Gasteiger partial charge on any atom is -0.324 e. The van der Waals surface area contributed by atoms with E-state index in [4.69, 9.17) is 11.6 Å². The van der Waals surface area contributed by atoms with Gasteiger partial charge in [0.1, 0.15) is 12.4 Å². The summed E-state index contributed by atoms with van der Waals surface area (Å²) in [6.07, 6.45) is 1.57. The van der Waals surface area contributed by atoms with Crippen molar-refractivity contribution >= 4 is 34.0 Å². The number of nitrogens with one attached hydrogen (secondary N) is 1. The van der Waals surface area contributed by atoms with Crippen LogP contribution in [-0.2, 0) is 11.3 Å². The van der Waals surface area contributed by atoms with Crippen LogP contribution in [0.4, 0.5) is 10.1 Å². The number of hydrogen-bond donors (Lipinski definition) is 1. The number of anilines is 1. The summed E-state index contributed by atoms with van der Waals surface area (Å²) in [5, 5.41) is 3.87. The Morgan fingerprint density at radius 2 is 1.96 bits per heavy atom. The van der Waals surface area contributed by atoms with E-state index in [0.717, 1.165) is 5.39 Å². The van der Waals surface area contributed by atoms with Crippen molar-refractivity contribution in [3.8, 4) is 0 Å². The van der Waals surface area contributed by atoms with E-state index in [9.17, 15) is 14.0 Å². The fourth-order valence-corrected chi connectivity index (χ4v) is 2.46. The molecule has 4 nitrogen and oxygen atoms in total. The molecule has 1 heterocycles. The third kappa shape index (κ3) is 3.24. The van der Waals surface area contributed by atoms with Gasteiger partial charge < -0.3 is 9.88 Å². The molecule has 2 aromatic carbocycles. The molecule has 23 heavy (non-hydrogen) atoms. The Bertz CT molecular complexity index is 953. The summed E-state index contributed by atoms with van der Waals surface area (Å²) >= 11 is 5.67. The van der Waals surface area contributed by atoms with Crippen LogP contribution in [0.2, 0.25) is 5.02 Å². The third-order valence-corrected chi connectivity index (χ3v) is 3.69.